The number of benzene rings is 1. The summed E-state index contributed by atoms with van der Waals surface area (Å²) in [7, 11) is 0. The maximum atomic E-state index is 12.7. The van der Waals surface area contributed by atoms with Gasteiger partial charge in [-0.3, -0.25) is 19.3 Å². The Morgan fingerprint density at radius 1 is 1.21 bits per heavy atom. The molecule has 1 aromatic carbocycles. The zero-order chi connectivity index (χ0) is 21.0. The van der Waals surface area contributed by atoms with Crippen LogP contribution in [0.15, 0.2) is 27.6 Å². The molecule has 0 atom stereocenters. The van der Waals surface area contributed by atoms with Gasteiger partial charge in [-0.1, -0.05) is 18.9 Å². The predicted molar refractivity (Wildman–Crippen MR) is 118 cm³/mol. The van der Waals surface area contributed by atoms with Gasteiger partial charge < -0.3 is 9.64 Å². The molecule has 0 aromatic heterocycles. The van der Waals surface area contributed by atoms with Crippen molar-refractivity contribution in [2.24, 2.45) is 0 Å². The number of nitrogens with zero attached hydrogens (tertiary/aromatic N) is 2. The van der Waals surface area contributed by atoms with Gasteiger partial charge in [0, 0.05) is 13.1 Å². The Hall–Kier alpha value is -1.80. The summed E-state index contributed by atoms with van der Waals surface area (Å²) in [6.45, 7) is 5.10. The van der Waals surface area contributed by atoms with Crippen molar-refractivity contribution in [3.05, 3.63) is 33.1 Å². The van der Waals surface area contributed by atoms with Gasteiger partial charge in [0.1, 0.15) is 12.3 Å². The number of imide groups is 1. The highest BCUT2D eigenvalue weighted by molar-refractivity contribution is 9.10. The van der Waals surface area contributed by atoms with Crippen LogP contribution in [-0.2, 0) is 9.59 Å². The second kappa shape index (κ2) is 9.80. The van der Waals surface area contributed by atoms with Crippen molar-refractivity contribution in [3.63, 3.8) is 0 Å². The third-order valence-electron chi connectivity index (χ3n) is 4.74. The highest BCUT2D eigenvalue weighted by Crippen LogP contribution is 2.34. The molecule has 0 radical (unpaired) electrons. The molecule has 0 N–H and O–H groups in total. The van der Waals surface area contributed by atoms with Gasteiger partial charge in [-0.2, -0.15) is 0 Å². The summed E-state index contributed by atoms with van der Waals surface area (Å²) in [4.78, 5) is 40.8. The lowest BCUT2D eigenvalue weighted by Gasteiger charge is -2.22. The number of amides is 3. The molecule has 0 spiro atoms. The van der Waals surface area contributed by atoms with Gasteiger partial charge in [0.25, 0.3) is 11.1 Å². The van der Waals surface area contributed by atoms with E-state index in [1.54, 1.807) is 11.0 Å². The number of likely N-dealkylation sites (tertiary alicyclic amines) is 1. The van der Waals surface area contributed by atoms with Gasteiger partial charge in [0.05, 0.1) is 15.5 Å². The summed E-state index contributed by atoms with van der Waals surface area (Å²) in [6.07, 6.45) is 5.90. The SMILES string of the molecule is CC(C)Oc1ccc(C=C2SC(=O)N(CC(=O)N3CCCCCC3)C2=O)cc1Br. The van der Waals surface area contributed by atoms with E-state index in [1.165, 1.54) is 0 Å². The molecule has 0 saturated carbocycles. The average molecular weight is 481 g/mol. The fourth-order valence-corrected chi connectivity index (χ4v) is 4.63. The van der Waals surface area contributed by atoms with E-state index in [0.717, 1.165) is 52.4 Å². The molecule has 0 unspecified atom stereocenters. The van der Waals surface area contributed by atoms with E-state index in [2.05, 4.69) is 15.9 Å². The van der Waals surface area contributed by atoms with E-state index in [4.69, 9.17) is 4.74 Å². The lowest BCUT2D eigenvalue weighted by Crippen LogP contribution is -2.42. The van der Waals surface area contributed by atoms with Crippen LogP contribution in [0.1, 0.15) is 45.1 Å². The molecule has 6 nitrogen and oxygen atoms in total. The van der Waals surface area contributed by atoms with Crippen LogP contribution in [0, 0.1) is 0 Å². The van der Waals surface area contributed by atoms with Crippen LogP contribution in [-0.4, -0.2) is 52.6 Å². The summed E-state index contributed by atoms with van der Waals surface area (Å²) in [5.74, 6) is 0.142. The Balaban J connectivity index is 1.69. The monoisotopic (exact) mass is 480 g/mol. The number of carbonyl (C=O) groups is 3. The first-order valence-corrected chi connectivity index (χ1v) is 11.5. The number of thioether (sulfide) groups is 1. The van der Waals surface area contributed by atoms with Crippen LogP contribution in [0.3, 0.4) is 0 Å². The molecule has 2 saturated heterocycles. The Labute approximate surface area is 183 Å². The zero-order valence-corrected chi connectivity index (χ0v) is 19.1. The highest BCUT2D eigenvalue weighted by Gasteiger charge is 2.37. The van der Waals surface area contributed by atoms with E-state index in [-0.39, 0.29) is 18.6 Å². The van der Waals surface area contributed by atoms with Gasteiger partial charge in [-0.25, -0.2) is 0 Å². The Morgan fingerprint density at radius 2 is 1.90 bits per heavy atom. The standard InChI is InChI=1S/C21H25BrN2O4S/c1-14(2)28-17-8-7-15(11-16(17)22)12-18-20(26)24(21(27)29-18)13-19(25)23-9-5-3-4-6-10-23/h7-8,11-12,14H,3-6,9-10,13H2,1-2H3. The molecule has 2 heterocycles. The number of carbonyl (C=O) groups excluding carboxylic acids is 3. The van der Waals surface area contributed by atoms with Gasteiger partial charge >= 0.3 is 0 Å². The van der Waals surface area contributed by atoms with Gasteiger partial charge in [-0.15, -0.1) is 0 Å². The predicted octanol–water partition coefficient (Wildman–Crippen LogP) is 4.68. The van der Waals surface area contributed by atoms with Crippen molar-refractivity contribution in [1.29, 1.82) is 0 Å². The van der Waals surface area contributed by atoms with Gasteiger partial charge in [0.15, 0.2) is 0 Å². The normalized spacial score (nSPS) is 19.2. The number of ether oxygens (including phenoxy) is 1. The molecular formula is C21H25BrN2O4S. The van der Waals surface area contributed by atoms with E-state index >= 15 is 0 Å². The van der Waals surface area contributed by atoms with Crippen LogP contribution in [0.2, 0.25) is 0 Å². The first-order chi connectivity index (χ1) is 13.8. The minimum Gasteiger partial charge on any atom is -0.490 e. The molecule has 1 aromatic rings. The van der Waals surface area contributed by atoms with Crippen LogP contribution in [0.25, 0.3) is 6.08 Å². The highest BCUT2D eigenvalue weighted by atomic mass is 79.9. The minimum atomic E-state index is -0.415. The molecule has 8 heteroatoms. The van der Waals surface area contributed by atoms with Crippen molar-refractivity contribution in [3.8, 4) is 5.75 Å². The van der Waals surface area contributed by atoms with Crippen LogP contribution < -0.4 is 4.74 Å². The van der Waals surface area contributed by atoms with E-state index in [0.29, 0.717) is 23.7 Å². The van der Waals surface area contributed by atoms with E-state index in [1.807, 2.05) is 32.0 Å². The summed E-state index contributed by atoms with van der Waals surface area (Å²) in [5.41, 5.74) is 0.775. The van der Waals surface area contributed by atoms with Gasteiger partial charge in [-0.05, 0) is 78.2 Å². The van der Waals surface area contributed by atoms with E-state index in [9.17, 15) is 14.4 Å². The molecule has 0 aliphatic carbocycles. The first kappa shape index (κ1) is 21.9. The van der Waals surface area contributed by atoms with Crippen LogP contribution in [0.5, 0.6) is 5.75 Å². The molecular weight excluding hydrogens is 456 g/mol. The molecule has 2 fully saturated rings. The van der Waals surface area contributed by atoms with Crippen molar-refractivity contribution in [2.45, 2.75) is 45.6 Å². The van der Waals surface area contributed by atoms with Gasteiger partial charge in [0.2, 0.25) is 5.91 Å². The quantitative estimate of drug-likeness (QED) is 0.572. The number of hydrogen-bond acceptors (Lipinski definition) is 5. The number of hydrogen-bond donors (Lipinski definition) is 0. The topological polar surface area (TPSA) is 66.9 Å². The van der Waals surface area contributed by atoms with E-state index < -0.39 is 11.1 Å². The van der Waals surface area contributed by atoms with Crippen LogP contribution >= 0.6 is 27.7 Å². The Bertz CT molecular complexity index is 832. The van der Waals surface area contributed by atoms with Crippen molar-refractivity contribution in [1.82, 2.24) is 9.80 Å². The maximum Gasteiger partial charge on any atom is 0.294 e. The molecule has 2 aliphatic rings. The molecule has 0 bridgehead atoms. The zero-order valence-electron chi connectivity index (χ0n) is 16.7. The lowest BCUT2D eigenvalue weighted by atomic mass is 10.2. The number of halogens is 1. The molecule has 3 amide bonds. The molecule has 3 rings (SSSR count). The molecule has 2 aliphatic heterocycles. The summed E-state index contributed by atoms with van der Waals surface area (Å²) < 4.78 is 6.46. The third kappa shape index (κ3) is 5.63. The summed E-state index contributed by atoms with van der Waals surface area (Å²) >= 11 is 4.34. The second-order valence-electron chi connectivity index (χ2n) is 7.42. The number of rotatable bonds is 5. The maximum absolute atomic E-state index is 12.7. The second-order valence-corrected chi connectivity index (χ2v) is 9.27. The smallest absolute Gasteiger partial charge is 0.294 e. The minimum absolute atomic E-state index is 0.0513. The fraction of sp³-hybridized carbons (Fsp3) is 0.476. The molecule has 29 heavy (non-hydrogen) atoms. The molecule has 156 valence electrons. The summed E-state index contributed by atoms with van der Waals surface area (Å²) in [6, 6.07) is 5.50. The Kier molecular flexibility index (Phi) is 7.40. The van der Waals surface area contributed by atoms with Crippen LogP contribution in [0.4, 0.5) is 4.79 Å². The average Bonchev–Trinajstić information content (AvgIpc) is 2.87. The first-order valence-electron chi connectivity index (χ1n) is 9.84. The third-order valence-corrected chi connectivity index (χ3v) is 6.27. The Morgan fingerprint density at radius 3 is 2.52 bits per heavy atom. The fourth-order valence-electron chi connectivity index (χ4n) is 3.30. The van der Waals surface area contributed by atoms with Crippen molar-refractivity contribution in [2.75, 3.05) is 19.6 Å². The van der Waals surface area contributed by atoms with Crippen molar-refractivity contribution >= 4 is 50.8 Å². The van der Waals surface area contributed by atoms with Crippen molar-refractivity contribution < 1.29 is 19.1 Å². The summed E-state index contributed by atoms with van der Waals surface area (Å²) in [5, 5.41) is -0.400. The largest absolute Gasteiger partial charge is 0.490 e. The lowest BCUT2D eigenvalue weighted by molar-refractivity contribution is -0.135.